The largest absolute Gasteiger partial charge is 0.489 e. The van der Waals surface area contributed by atoms with E-state index in [0.29, 0.717) is 18.8 Å². The molecule has 2 unspecified atom stereocenters. The predicted molar refractivity (Wildman–Crippen MR) is 108 cm³/mol. The molecule has 6 nitrogen and oxygen atoms in total. The Morgan fingerprint density at radius 1 is 1.11 bits per heavy atom. The highest BCUT2D eigenvalue weighted by molar-refractivity contribution is 7.58. The number of hydrogen-bond acceptors (Lipinski definition) is 4. The molecule has 148 valence electrons. The van der Waals surface area contributed by atoms with Crippen molar-refractivity contribution in [3.8, 4) is 5.75 Å². The van der Waals surface area contributed by atoms with Gasteiger partial charge in [-0.05, 0) is 30.0 Å². The van der Waals surface area contributed by atoms with Gasteiger partial charge >= 0.3 is 5.97 Å². The highest BCUT2D eigenvalue weighted by atomic mass is 35.5. The summed E-state index contributed by atoms with van der Waals surface area (Å²) in [6, 6.07) is 17.1. The molecule has 0 spiro atoms. The van der Waals surface area contributed by atoms with E-state index in [1.165, 1.54) is 0 Å². The van der Waals surface area contributed by atoms with Crippen molar-refractivity contribution < 1.29 is 24.1 Å². The smallest absolute Gasteiger partial charge is 0.303 e. The molecule has 0 amide bonds. The van der Waals surface area contributed by atoms with Crippen LogP contribution in [0.1, 0.15) is 24.0 Å². The van der Waals surface area contributed by atoms with E-state index in [1.54, 1.807) is 0 Å². The van der Waals surface area contributed by atoms with Crippen LogP contribution in [-0.4, -0.2) is 27.9 Å². The SMILES string of the molecule is Cl.NC(CCC(=O)O)P(=O)(O)CCc1ccccc1OCc1ccccc1. The van der Waals surface area contributed by atoms with Crippen LogP contribution >= 0.6 is 19.8 Å². The molecular formula is C19H25ClNO5P. The second kappa shape index (κ2) is 11.1. The lowest BCUT2D eigenvalue weighted by Gasteiger charge is -2.19. The Morgan fingerprint density at radius 2 is 1.74 bits per heavy atom. The topological polar surface area (TPSA) is 110 Å². The molecule has 0 aliphatic rings. The second-order valence-corrected chi connectivity index (χ2v) is 8.73. The van der Waals surface area contributed by atoms with Gasteiger partial charge in [-0.25, -0.2) is 0 Å². The van der Waals surface area contributed by atoms with Gasteiger partial charge in [0.25, 0.3) is 0 Å². The van der Waals surface area contributed by atoms with E-state index in [0.717, 1.165) is 11.1 Å². The molecule has 0 saturated carbocycles. The molecule has 0 radical (unpaired) electrons. The van der Waals surface area contributed by atoms with Crippen LogP contribution in [0, 0.1) is 0 Å². The maximum atomic E-state index is 12.4. The molecule has 0 saturated heterocycles. The second-order valence-electron chi connectivity index (χ2n) is 6.11. The summed E-state index contributed by atoms with van der Waals surface area (Å²) in [5, 5.41) is 8.68. The zero-order valence-corrected chi connectivity index (χ0v) is 16.6. The minimum absolute atomic E-state index is 0. The third-order valence-electron chi connectivity index (χ3n) is 4.08. The van der Waals surface area contributed by atoms with Crippen LogP contribution in [0.5, 0.6) is 5.75 Å². The van der Waals surface area contributed by atoms with Gasteiger partial charge in [-0.3, -0.25) is 9.36 Å². The molecule has 0 bridgehead atoms. The molecule has 0 aromatic heterocycles. The normalized spacial score (nSPS) is 13.9. The molecule has 8 heteroatoms. The van der Waals surface area contributed by atoms with Crippen LogP contribution in [0.15, 0.2) is 54.6 Å². The summed E-state index contributed by atoms with van der Waals surface area (Å²) in [5.74, 6) is -1.40. The summed E-state index contributed by atoms with van der Waals surface area (Å²) in [6.45, 7) is 0.409. The number of nitrogens with two attached hydrogens (primary N) is 1. The zero-order chi connectivity index (χ0) is 19.0. The number of carbonyl (C=O) groups is 1. The van der Waals surface area contributed by atoms with Crippen molar-refractivity contribution in [1.82, 2.24) is 0 Å². The number of carboxylic acids is 1. The fourth-order valence-electron chi connectivity index (χ4n) is 2.51. The highest BCUT2D eigenvalue weighted by Gasteiger charge is 2.28. The third-order valence-corrected chi connectivity index (χ3v) is 6.24. The fraction of sp³-hybridized carbons (Fsp3) is 0.316. The number of halogens is 1. The van der Waals surface area contributed by atoms with Crippen LogP contribution in [-0.2, 0) is 22.4 Å². The number of para-hydroxylation sites is 1. The molecule has 0 fully saturated rings. The predicted octanol–water partition coefficient (Wildman–Crippen LogP) is 3.65. The van der Waals surface area contributed by atoms with Gasteiger partial charge in [-0.15, -0.1) is 12.4 Å². The number of benzene rings is 2. The van der Waals surface area contributed by atoms with Crippen molar-refractivity contribution in [3.05, 3.63) is 65.7 Å². The summed E-state index contributed by atoms with van der Waals surface area (Å²) >= 11 is 0. The standard InChI is InChI=1S/C19H24NO5P.ClH/c20-18(10-11-19(21)22)26(23,24)13-12-16-8-4-5-9-17(16)25-14-15-6-2-1-3-7-15;/h1-9,18H,10-14,20H2,(H,21,22)(H,23,24);1H. The first kappa shape index (κ1) is 23.2. The average Bonchev–Trinajstić information content (AvgIpc) is 2.64. The zero-order valence-electron chi connectivity index (χ0n) is 14.9. The summed E-state index contributed by atoms with van der Waals surface area (Å²) in [6.07, 6.45) is 0.0801. The minimum Gasteiger partial charge on any atom is -0.489 e. The highest BCUT2D eigenvalue weighted by Crippen LogP contribution is 2.46. The first-order valence-corrected chi connectivity index (χ1v) is 10.3. The molecule has 0 aliphatic heterocycles. The number of rotatable bonds is 10. The van der Waals surface area contributed by atoms with Crippen molar-refractivity contribution in [2.75, 3.05) is 6.16 Å². The van der Waals surface area contributed by atoms with Gasteiger partial charge in [0.05, 0.1) is 5.78 Å². The average molecular weight is 414 g/mol. The lowest BCUT2D eigenvalue weighted by atomic mass is 10.1. The van der Waals surface area contributed by atoms with Gasteiger partial charge in [0.2, 0.25) is 7.37 Å². The van der Waals surface area contributed by atoms with Gasteiger partial charge in [-0.1, -0.05) is 48.5 Å². The Balaban J connectivity index is 0.00000364. The number of hydrogen-bond donors (Lipinski definition) is 3. The van der Waals surface area contributed by atoms with Crippen molar-refractivity contribution in [2.45, 2.75) is 31.7 Å². The Hall–Kier alpha value is -1.85. The Labute approximate surface area is 165 Å². The number of aliphatic carboxylic acids is 1. The Bertz CT molecular complexity index is 772. The van der Waals surface area contributed by atoms with Gasteiger partial charge in [0.15, 0.2) is 0 Å². The van der Waals surface area contributed by atoms with Gasteiger partial charge in [0, 0.05) is 12.6 Å². The minimum atomic E-state index is -3.64. The maximum Gasteiger partial charge on any atom is 0.303 e. The van der Waals surface area contributed by atoms with Crippen LogP contribution in [0.3, 0.4) is 0 Å². The van der Waals surface area contributed by atoms with Crippen molar-refractivity contribution >= 4 is 25.7 Å². The first-order valence-electron chi connectivity index (χ1n) is 8.42. The van der Waals surface area contributed by atoms with Crippen LogP contribution in [0.2, 0.25) is 0 Å². The van der Waals surface area contributed by atoms with Gasteiger partial charge in [-0.2, -0.15) is 0 Å². The third kappa shape index (κ3) is 7.73. The molecular weight excluding hydrogens is 389 g/mol. The quantitative estimate of drug-likeness (QED) is 0.513. The summed E-state index contributed by atoms with van der Waals surface area (Å²) in [5.41, 5.74) is 7.58. The van der Waals surface area contributed by atoms with Crippen molar-refractivity contribution in [3.63, 3.8) is 0 Å². The molecule has 4 N–H and O–H groups in total. The molecule has 0 heterocycles. The number of carboxylic acid groups (broad SMARTS) is 1. The molecule has 2 atom stereocenters. The summed E-state index contributed by atoms with van der Waals surface area (Å²) in [4.78, 5) is 20.8. The van der Waals surface area contributed by atoms with Crippen LogP contribution in [0.4, 0.5) is 0 Å². The van der Waals surface area contributed by atoms with E-state index in [1.807, 2.05) is 54.6 Å². The lowest BCUT2D eigenvalue weighted by molar-refractivity contribution is -0.137. The Morgan fingerprint density at radius 3 is 2.41 bits per heavy atom. The van der Waals surface area contributed by atoms with Crippen LogP contribution < -0.4 is 10.5 Å². The van der Waals surface area contributed by atoms with Gasteiger partial charge < -0.3 is 20.5 Å². The Kier molecular flexibility index (Phi) is 9.53. The maximum absolute atomic E-state index is 12.4. The van der Waals surface area contributed by atoms with Crippen LogP contribution in [0.25, 0.3) is 0 Å². The van der Waals surface area contributed by atoms with Crippen molar-refractivity contribution in [1.29, 1.82) is 0 Å². The van der Waals surface area contributed by atoms with Gasteiger partial charge in [0.1, 0.15) is 12.4 Å². The van der Waals surface area contributed by atoms with E-state index >= 15 is 0 Å². The molecule has 27 heavy (non-hydrogen) atoms. The number of aryl methyl sites for hydroxylation is 1. The van der Waals surface area contributed by atoms with E-state index in [-0.39, 0.29) is 31.4 Å². The lowest BCUT2D eigenvalue weighted by Crippen LogP contribution is -2.23. The first-order chi connectivity index (χ1) is 12.4. The van der Waals surface area contributed by atoms with E-state index < -0.39 is 19.1 Å². The van der Waals surface area contributed by atoms with Crippen molar-refractivity contribution in [2.24, 2.45) is 5.73 Å². The van der Waals surface area contributed by atoms with E-state index in [2.05, 4.69) is 0 Å². The number of ether oxygens (including phenoxy) is 1. The molecule has 2 aromatic rings. The monoisotopic (exact) mass is 413 g/mol. The fourth-order valence-corrected chi connectivity index (χ4v) is 3.93. The molecule has 2 aromatic carbocycles. The summed E-state index contributed by atoms with van der Waals surface area (Å²) < 4.78 is 18.2. The van der Waals surface area contributed by atoms with E-state index in [9.17, 15) is 14.3 Å². The summed E-state index contributed by atoms with van der Waals surface area (Å²) in [7, 11) is -3.64. The molecule has 2 rings (SSSR count). The van der Waals surface area contributed by atoms with E-state index in [4.69, 9.17) is 15.6 Å². The molecule has 0 aliphatic carbocycles.